The van der Waals surface area contributed by atoms with Gasteiger partial charge >= 0.3 is 0 Å². The van der Waals surface area contributed by atoms with Crippen molar-refractivity contribution in [2.24, 2.45) is 0 Å². The molecule has 1 fully saturated rings. The van der Waals surface area contributed by atoms with Crippen molar-refractivity contribution < 1.29 is 9.53 Å². The summed E-state index contributed by atoms with van der Waals surface area (Å²) < 4.78 is 5.91. The van der Waals surface area contributed by atoms with Crippen molar-refractivity contribution in [1.29, 1.82) is 0 Å². The van der Waals surface area contributed by atoms with E-state index in [1.54, 1.807) is 24.0 Å². The van der Waals surface area contributed by atoms with Crippen molar-refractivity contribution in [2.45, 2.75) is 25.9 Å². The van der Waals surface area contributed by atoms with Crippen LogP contribution in [-0.2, 0) is 0 Å². The quantitative estimate of drug-likeness (QED) is 0.863. The van der Waals surface area contributed by atoms with Crippen molar-refractivity contribution in [3.05, 3.63) is 39.6 Å². The summed E-state index contributed by atoms with van der Waals surface area (Å²) in [5.74, 6) is 0.722. The highest BCUT2D eigenvalue weighted by Crippen LogP contribution is 2.26. The summed E-state index contributed by atoms with van der Waals surface area (Å²) in [5, 5.41) is 0.515. The molecule has 2 aromatic rings. The number of hydrogen-bond acceptors (Lipinski definition) is 5. The molecule has 0 bridgehead atoms. The standard InChI is InChI=1S/C15H16ClN3O2S/c1-10-14(22-9-18-10)15(20)19-6-3-11(4-7-19)21-13-2-5-17-8-12(13)16/h2,5,8-9,11H,3-4,6-7H2,1H3. The molecule has 0 N–H and O–H groups in total. The third-order valence-electron chi connectivity index (χ3n) is 3.70. The minimum atomic E-state index is 0.0698. The highest BCUT2D eigenvalue weighted by molar-refractivity contribution is 7.11. The number of pyridine rings is 1. The molecule has 22 heavy (non-hydrogen) atoms. The molecule has 2 aromatic heterocycles. The number of carbonyl (C=O) groups is 1. The number of halogens is 1. The van der Waals surface area contributed by atoms with Gasteiger partial charge in [-0.15, -0.1) is 11.3 Å². The van der Waals surface area contributed by atoms with Gasteiger partial charge in [-0.05, 0) is 6.92 Å². The molecular weight excluding hydrogens is 322 g/mol. The molecular formula is C15H16ClN3O2S. The Labute approximate surface area is 137 Å². The van der Waals surface area contributed by atoms with Crippen LogP contribution >= 0.6 is 22.9 Å². The van der Waals surface area contributed by atoms with Gasteiger partial charge in [0.1, 0.15) is 21.8 Å². The minimum absolute atomic E-state index is 0.0698. The van der Waals surface area contributed by atoms with Gasteiger partial charge in [0, 0.05) is 44.4 Å². The Morgan fingerprint density at radius 2 is 2.23 bits per heavy atom. The Kier molecular flexibility index (Phi) is 4.59. The average Bonchev–Trinajstić information content (AvgIpc) is 2.96. The monoisotopic (exact) mass is 337 g/mol. The number of nitrogens with zero attached hydrogens (tertiary/aromatic N) is 3. The third-order valence-corrected chi connectivity index (χ3v) is 4.90. The van der Waals surface area contributed by atoms with Gasteiger partial charge in [-0.1, -0.05) is 11.6 Å². The van der Waals surface area contributed by atoms with Crippen molar-refractivity contribution in [3.8, 4) is 5.75 Å². The molecule has 0 unspecified atom stereocenters. The van der Waals surface area contributed by atoms with Crippen LogP contribution in [0.25, 0.3) is 0 Å². The number of piperidine rings is 1. The van der Waals surface area contributed by atoms with Crippen molar-refractivity contribution in [2.75, 3.05) is 13.1 Å². The van der Waals surface area contributed by atoms with Crippen LogP contribution in [0.15, 0.2) is 24.0 Å². The van der Waals surface area contributed by atoms with Crippen LogP contribution < -0.4 is 4.74 Å². The normalized spacial score (nSPS) is 15.8. The number of ether oxygens (including phenoxy) is 1. The number of carbonyl (C=O) groups excluding carboxylic acids is 1. The first-order chi connectivity index (χ1) is 10.6. The lowest BCUT2D eigenvalue weighted by Crippen LogP contribution is -2.41. The van der Waals surface area contributed by atoms with Gasteiger partial charge in [0.05, 0.1) is 11.2 Å². The van der Waals surface area contributed by atoms with Crippen LogP contribution in [-0.4, -0.2) is 40.0 Å². The van der Waals surface area contributed by atoms with E-state index in [9.17, 15) is 4.79 Å². The van der Waals surface area contributed by atoms with Crippen LogP contribution in [0.4, 0.5) is 0 Å². The maximum atomic E-state index is 12.4. The Bertz CT molecular complexity index is 668. The lowest BCUT2D eigenvalue weighted by Gasteiger charge is -2.32. The summed E-state index contributed by atoms with van der Waals surface area (Å²) in [6.07, 6.45) is 4.89. The zero-order chi connectivity index (χ0) is 15.5. The van der Waals surface area contributed by atoms with E-state index in [2.05, 4.69) is 9.97 Å². The number of rotatable bonds is 3. The first-order valence-corrected chi connectivity index (χ1v) is 8.36. The highest BCUT2D eigenvalue weighted by Gasteiger charge is 2.26. The molecule has 1 aliphatic rings. The summed E-state index contributed by atoms with van der Waals surface area (Å²) in [4.78, 5) is 23.1. The van der Waals surface area contributed by atoms with Gasteiger partial charge in [0.25, 0.3) is 5.91 Å². The molecule has 1 aliphatic heterocycles. The Hall–Kier alpha value is -1.66. The zero-order valence-electron chi connectivity index (χ0n) is 12.2. The lowest BCUT2D eigenvalue weighted by molar-refractivity contribution is 0.0599. The molecule has 0 radical (unpaired) electrons. The lowest BCUT2D eigenvalue weighted by atomic mass is 10.1. The topological polar surface area (TPSA) is 55.3 Å². The number of aromatic nitrogens is 2. The largest absolute Gasteiger partial charge is 0.489 e. The van der Waals surface area contributed by atoms with Gasteiger partial charge in [0.2, 0.25) is 0 Å². The van der Waals surface area contributed by atoms with Gasteiger partial charge in [0.15, 0.2) is 0 Å². The SMILES string of the molecule is Cc1ncsc1C(=O)N1CCC(Oc2ccncc2Cl)CC1. The van der Waals surface area contributed by atoms with Gasteiger partial charge in [-0.3, -0.25) is 9.78 Å². The van der Waals surface area contributed by atoms with Crippen molar-refractivity contribution in [1.82, 2.24) is 14.9 Å². The second-order valence-electron chi connectivity index (χ2n) is 5.18. The first kappa shape index (κ1) is 15.2. The fraction of sp³-hybridized carbons (Fsp3) is 0.400. The van der Waals surface area contributed by atoms with E-state index in [1.807, 2.05) is 11.8 Å². The van der Waals surface area contributed by atoms with E-state index in [1.165, 1.54) is 11.3 Å². The highest BCUT2D eigenvalue weighted by atomic mass is 35.5. The fourth-order valence-electron chi connectivity index (χ4n) is 2.47. The van der Waals surface area contributed by atoms with Crippen molar-refractivity contribution in [3.63, 3.8) is 0 Å². The summed E-state index contributed by atoms with van der Waals surface area (Å²) >= 11 is 7.45. The summed E-state index contributed by atoms with van der Waals surface area (Å²) in [5.41, 5.74) is 2.51. The van der Waals surface area contributed by atoms with Gasteiger partial charge in [-0.2, -0.15) is 0 Å². The second kappa shape index (κ2) is 6.62. The third kappa shape index (κ3) is 3.23. The molecule has 0 spiro atoms. The average molecular weight is 338 g/mol. The Morgan fingerprint density at radius 1 is 1.45 bits per heavy atom. The Morgan fingerprint density at radius 3 is 2.86 bits per heavy atom. The molecule has 0 aliphatic carbocycles. The van der Waals surface area contributed by atoms with Crippen LogP contribution in [0.5, 0.6) is 5.75 Å². The molecule has 0 saturated carbocycles. The van der Waals surface area contributed by atoms with E-state index in [0.717, 1.165) is 23.4 Å². The van der Waals surface area contributed by atoms with E-state index in [-0.39, 0.29) is 12.0 Å². The fourth-order valence-corrected chi connectivity index (χ4v) is 3.40. The van der Waals surface area contributed by atoms with E-state index >= 15 is 0 Å². The van der Waals surface area contributed by atoms with Crippen molar-refractivity contribution >= 4 is 28.8 Å². The van der Waals surface area contributed by atoms with E-state index in [4.69, 9.17) is 16.3 Å². The maximum Gasteiger partial charge on any atom is 0.265 e. The van der Waals surface area contributed by atoms with Crippen LogP contribution in [0, 0.1) is 6.92 Å². The van der Waals surface area contributed by atoms with Crippen LogP contribution in [0.1, 0.15) is 28.2 Å². The molecule has 0 aromatic carbocycles. The molecule has 3 rings (SSSR count). The molecule has 7 heteroatoms. The molecule has 3 heterocycles. The van der Waals surface area contributed by atoms with E-state index < -0.39 is 0 Å². The maximum absolute atomic E-state index is 12.4. The molecule has 0 atom stereocenters. The molecule has 116 valence electrons. The first-order valence-electron chi connectivity index (χ1n) is 7.10. The van der Waals surface area contributed by atoms with E-state index in [0.29, 0.717) is 23.9 Å². The Balaban J connectivity index is 1.58. The van der Waals surface area contributed by atoms with Crippen LogP contribution in [0.3, 0.4) is 0 Å². The number of hydrogen-bond donors (Lipinski definition) is 0. The number of amides is 1. The molecule has 1 saturated heterocycles. The van der Waals surface area contributed by atoms with Gasteiger partial charge in [-0.25, -0.2) is 4.98 Å². The number of thiazole rings is 1. The molecule has 1 amide bonds. The van der Waals surface area contributed by atoms with Crippen LogP contribution in [0.2, 0.25) is 5.02 Å². The predicted molar refractivity (Wildman–Crippen MR) is 85.7 cm³/mol. The zero-order valence-corrected chi connectivity index (χ0v) is 13.7. The second-order valence-corrected chi connectivity index (χ2v) is 6.44. The predicted octanol–water partition coefficient (Wildman–Crippen LogP) is 3.18. The molecule has 5 nitrogen and oxygen atoms in total. The number of aryl methyl sites for hydroxylation is 1. The summed E-state index contributed by atoms with van der Waals surface area (Å²) in [6, 6.07) is 1.76. The minimum Gasteiger partial charge on any atom is -0.489 e. The summed E-state index contributed by atoms with van der Waals surface area (Å²) in [6.45, 7) is 3.23. The smallest absolute Gasteiger partial charge is 0.265 e. The van der Waals surface area contributed by atoms with Gasteiger partial charge < -0.3 is 9.64 Å². The summed E-state index contributed by atoms with van der Waals surface area (Å²) in [7, 11) is 0. The number of likely N-dealkylation sites (tertiary alicyclic amines) is 1.